The van der Waals surface area contributed by atoms with E-state index in [1.165, 1.54) is 31.6 Å². The Morgan fingerprint density at radius 3 is 2.35 bits per heavy atom. The largest absolute Gasteiger partial charge is 0.457 e. The molecule has 9 nitrogen and oxygen atoms in total. The number of pyridine rings is 1. The molecule has 40 heavy (non-hydrogen) atoms. The number of ether oxygens (including phenoxy) is 1. The summed E-state index contributed by atoms with van der Waals surface area (Å²) in [6, 6.07) is 16.6. The van der Waals surface area contributed by atoms with Crippen molar-refractivity contribution in [2.45, 2.75) is 31.7 Å². The zero-order valence-electron chi connectivity index (χ0n) is 21.9. The molecule has 11 heteroatoms. The Labute approximate surface area is 237 Å². The van der Waals surface area contributed by atoms with Crippen molar-refractivity contribution in [1.29, 1.82) is 0 Å². The Bertz CT molecular complexity index is 1340. The predicted molar refractivity (Wildman–Crippen MR) is 155 cm³/mol. The number of carbonyl (C=O) groups is 2. The summed E-state index contributed by atoms with van der Waals surface area (Å²) in [5.74, 6) is 0.876. The van der Waals surface area contributed by atoms with Crippen LogP contribution < -0.4 is 20.7 Å². The molecule has 3 heterocycles. The van der Waals surface area contributed by atoms with Crippen molar-refractivity contribution in [1.82, 2.24) is 20.1 Å². The van der Waals surface area contributed by atoms with E-state index in [1.807, 2.05) is 4.90 Å². The van der Waals surface area contributed by atoms with Gasteiger partial charge in [-0.1, -0.05) is 12.1 Å². The molecule has 5 rings (SSSR count). The summed E-state index contributed by atoms with van der Waals surface area (Å²) < 4.78 is 19.0. The van der Waals surface area contributed by atoms with Crippen LogP contribution >= 0.6 is 12.2 Å². The van der Waals surface area contributed by atoms with Crippen LogP contribution in [0.1, 0.15) is 24.8 Å². The summed E-state index contributed by atoms with van der Waals surface area (Å²) in [5, 5.41) is 8.60. The van der Waals surface area contributed by atoms with Crippen molar-refractivity contribution in [2.24, 2.45) is 0 Å². The normalized spacial score (nSPS) is 15.6. The summed E-state index contributed by atoms with van der Waals surface area (Å²) >= 11 is 5.23. The standard InChI is InChI=1S/C29H31FN6O3S/c30-21-4-2-20(3-5-21)18-27(37)34-28(40)32-22-6-8-24(9-7-22)39-25-10-13-31-26(19-25)33-29(38)36-16-11-23(12-17-36)35-14-1-15-35/h2-10,13,19,23H,1,11-12,14-18H2,(H,31,33,38)(H2,32,34,37,40). The molecule has 1 aromatic heterocycles. The van der Waals surface area contributed by atoms with Gasteiger partial charge in [0, 0.05) is 37.1 Å². The van der Waals surface area contributed by atoms with Gasteiger partial charge in [-0.25, -0.2) is 14.2 Å². The zero-order chi connectivity index (χ0) is 27.9. The van der Waals surface area contributed by atoms with E-state index in [0.717, 1.165) is 25.9 Å². The van der Waals surface area contributed by atoms with Gasteiger partial charge >= 0.3 is 6.03 Å². The van der Waals surface area contributed by atoms with Gasteiger partial charge in [0.15, 0.2) is 5.11 Å². The third kappa shape index (κ3) is 7.51. The smallest absolute Gasteiger partial charge is 0.323 e. The number of piperidine rings is 1. The number of rotatable bonds is 7. The molecule has 2 aliphatic heterocycles. The van der Waals surface area contributed by atoms with Crippen LogP contribution in [-0.2, 0) is 11.2 Å². The molecule has 2 aliphatic rings. The molecule has 208 valence electrons. The van der Waals surface area contributed by atoms with Crippen LogP contribution in [0.4, 0.5) is 20.7 Å². The second-order valence-electron chi connectivity index (χ2n) is 9.85. The number of hydrogen-bond acceptors (Lipinski definition) is 6. The van der Waals surface area contributed by atoms with Gasteiger partial charge in [-0.15, -0.1) is 0 Å². The van der Waals surface area contributed by atoms with E-state index in [4.69, 9.17) is 17.0 Å². The Balaban J connectivity index is 1.07. The number of anilines is 2. The number of hydrogen-bond donors (Lipinski definition) is 3. The highest BCUT2D eigenvalue weighted by Crippen LogP contribution is 2.25. The van der Waals surface area contributed by atoms with Gasteiger partial charge in [-0.3, -0.25) is 10.1 Å². The first kappa shape index (κ1) is 27.5. The summed E-state index contributed by atoms with van der Waals surface area (Å²) in [6.07, 6.45) is 4.95. The third-order valence-corrected chi connectivity index (χ3v) is 7.21. The topological polar surface area (TPSA) is 98.8 Å². The van der Waals surface area contributed by atoms with Crippen LogP contribution in [-0.4, -0.2) is 64.1 Å². The molecule has 3 N–H and O–H groups in total. The molecule has 0 saturated carbocycles. The molecule has 3 amide bonds. The molecule has 0 aliphatic carbocycles. The summed E-state index contributed by atoms with van der Waals surface area (Å²) in [5.41, 5.74) is 1.35. The number of urea groups is 1. The fraction of sp³-hybridized carbons (Fsp3) is 0.310. The second kappa shape index (κ2) is 12.8. The maximum absolute atomic E-state index is 13.0. The Morgan fingerprint density at radius 1 is 0.950 bits per heavy atom. The van der Waals surface area contributed by atoms with Gasteiger partial charge in [0.1, 0.15) is 23.1 Å². The maximum Gasteiger partial charge on any atom is 0.323 e. The number of likely N-dealkylation sites (tertiary alicyclic amines) is 2. The Kier molecular flexibility index (Phi) is 8.82. The van der Waals surface area contributed by atoms with Crippen LogP contribution in [0.25, 0.3) is 0 Å². The first-order valence-electron chi connectivity index (χ1n) is 13.3. The quantitative estimate of drug-likeness (QED) is 0.357. The fourth-order valence-electron chi connectivity index (χ4n) is 4.73. The number of aromatic nitrogens is 1. The van der Waals surface area contributed by atoms with E-state index in [1.54, 1.807) is 54.7 Å². The maximum atomic E-state index is 13.0. The molecule has 2 fully saturated rings. The van der Waals surface area contributed by atoms with Gasteiger partial charge in [-0.2, -0.15) is 0 Å². The lowest BCUT2D eigenvalue weighted by Crippen LogP contribution is -2.51. The van der Waals surface area contributed by atoms with Gasteiger partial charge in [0.2, 0.25) is 5.91 Å². The van der Waals surface area contributed by atoms with Crippen LogP contribution in [0.2, 0.25) is 0 Å². The summed E-state index contributed by atoms with van der Waals surface area (Å²) in [7, 11) is 0. The Hall–Kier alpha value is -4.09. The molecule has 2 aromatic carbocycles. The summed E-state index contributed by atoms with van der Waals surface area (Å²) in [6.45, 7) is 3.84. The minimum Gasteiger partial charge on any atom is -0.457 e. The van der Waals surface area contributed by atoms with Crippen molar-refractivity contribution in [3.63, 3.8) is 0 Å². The first-order valence-corrected chi connectivity index (χ1v) is 13.7. The van der Waals surface area contributed by atoms with Crippen molar-refractivity contribution >= 4 is 40.8 Å². The SMILES string of the molecule is O=C(Cc1ccc(F)cc1)NC(=S)Nc1ccc(Oc2ccnc(NC(=O)N3CCC(N4CCC4)CC3)c2)cc1. The molecule has 0 atom stereocenters. The van der Waals surface area contributed by atoms with E-state index in [2.05, 4.69) is 25.8 Å². The van der Waals surface area contributed by atoms with Crippen molar-refractivity contribution in [3.05, 3.63) is 78.2 Å². The molecular weight excluding hydrogens is 531 g/mol. The molecule has 0 bridgehead atoms. The molecule has 2 saturated heterocycles. The highest BCUT2D eigenvalue weighted by molar-refractivity contribution is 7.80. The highest BCUT2D eigenvalue weighted by Gasteiger charge is 2.29. The average molecular weight is 563 g/mol. The van der Waals surface area contributed by atoms with Gasteiger partial charge in [0.25, 0.3) is 0 Å². The highest BCUT2D eigenvalue weighted by atomic mass is 32.1. The Morgan fingerprint density at radius 2 is 1.68 bits per heavy atom. The van der Waals surface area contributed by atoms with Crippen LogP contribution in [0.3, 0.4) is 0 Å². The van der Waals surface area contributed by atoms with E-state index < -0.39 is 0 Å². The average Bonchev–Trinajstić information content (AvgIpc) is 2.91. The number of nitrogens with zero attached hydrogens (tertiary/aromatic N) is 3. The van der Waals surface area contributed by atoms with E-state index in [-0.39, 0.29) is 29.3 Å². The van der Waals surface area contributed by atoms with Gasteiger partial charge in [-0.05, 0) is 92.6 Å². The van der Waals surface area contributed by atoms with Crippen molar-refractivity contribution < 1.29 is 18.7 Å². The van der Waals surface area contributed by atoms with E-state index in [9.17, 15) is 14.0 Å². The van der Waals surface area contributed by atoms with Gasteiger partial charge < -0.3 is 25.2 Å². The predicted octanol–water partition coefficient (Wildman–Crippen LogP) is 4.77. The number of carbonyl (C=O) groups excluding carboxylic acids is 2. The molecular formula is C29H31FN6O3S. The lowest BCUT2D eigenvalue weighted by Gasteiger charge is -2.42. The third-order valence-electron chi connectivity index (χ3n) is 7.00. The number of amides is 3. The lowest BCUT2D eigenvalue weighted by atomic mass is 10.00. The van der Waals surface area contributed by atoms with E-state index >= 15 is 0 Å². The van der Waals surface area contributed by atoms with Crippen LogP contribution in [0, 0.1) is 5.82 Å². The minimum atomic E-state index is -0.353. The summed E-state index contributed by atoms with van der Waals surface area (Å²) in [4.78, 5) is 33.6. The number of thiocarbonyl (C=S) groups is 1. The molecule has 0 unspecified atom stereocenters. The molecule has 0 spiro atoms. The monoisotopic (exact) mass is 562 g/mol. The number of nitrogens with one attached hydrogen (secondary N) is 3. The van der Waals surface area contributed by atoms with E-state index in [0.29, 0.717) is 34.6 Å². The van der Waals surface area contributed by atoms with Crippen LogP contribution in [0.15, 0.2) is 66.9 Å². The fourth-order valence-corrected chi connectivity index (χ4v) is 4.97. The zero-order valence-corrected chi connectivity index (χ0v) is 22.8. The lowest BCUT2D eigenvalue weighted by molar-refractivity contribution is -0.119. The first-order chi connectivity index (χ1) is 19.4. The molecule has 0 radical (unpaired) electrons. The van der Waals surface area contributed by atoms with Crippen molar-refractivity contribution in [3.8, 4) is 11.5 Å². The number of halogens is 1. The number of benzene rings is 2. The minimum absolute atomic E-state index is 0.0838. The molecule has 3 aromatic rings. The van der Waals surface area contributed by atoms with Gasteiger partial charge in [0.05, 0.1) is 6.42 Å². The second-order valence-corrected chi connectivity index (χ2v) is 10.3. The van der Waals surface area contributed by atoms with Crippen molar-refractivity contribution in [2.75, 3.05) is 36.8 Å². The van der Waals surface area contributed by atoms with Crippen LogP contribution in [0.5, 0.6) is 11.5 Å².